The maximum Gasteiger partial charge on any atom is 0.315 e. The molecule has 0 radical (unpaired) electrons. The quantitative estimate of drug-likeness (QED) is 0.809. The van der Waals surface area contributed by atoms with Gasteiger partial charge < -0.3 is 15.5 Å². The van der Waals surface area contributed by atoms with Crippen LogP contribution in [-0.2, 0) is 11.2 Å². The highest BCUT2D eigenvalue weighted by atomic mass is 35.5. The number of urea groups is 1. The summed E-state index contributed by atoms with van der Waals surface area (Å²) < 4.78 is 0. The van der Waals surface area contributed by atoms with Gasteiger partial charge in [-0.1, -0.05) is 23.7 Å². The summed E-state index contributed by atoms with van der Waals surface area (Å²) in [6.45, 7) is 6.87. The van der Waals surface area contributed by atoms with Crippen molar-refractivity contribution >= 4 is 23.5 Å². The third kappa shape index (κ3) is 7.31. The fourth-order valence-corrected chi connectivity index (χ4v) is 2.09. The fourth-order valence-electron chi connectivity index (χ4n) is 1.96. The highest BCUT2D eigenvalue weighted by Crippen LogP contribution is 2.10. The first-order valence-electron chi connectivity index (χ1n) is 7.43. The second-order valence-corrected chi connectivity index (χ2v) is 5.87. The van der Waals surface area contributed by atoms with Gasteiger partial charge in [-0.05, 0) is 38.0 Å². The van der Waals surface area contributed by atoms with Crippen LogP contribution in [0.3, 0.4) is 0 Å². The Labute approximate surface area is 137 Å². The number of hydrogen-bond acceptors (Lipinski definition) is 2. The molecule has 0 aliphatic carbocycles. The van der Waals surface area contributed by atoms with Crippen LogP contribution in [0.15, 0.2) is 24.3 Å². The zero-order valence-corrected chi connectivity index (χ0v) is 14.1. The van der Waals surface area contributed by atoms with Crippen LogP contribution < -0.4 is 10.6 Å². The number of nitrogens with one attached hydrogen (secondary N) is 2. The van der Waals surface area contributed by atoms with E-state index in [-0.39, 0.29) is 18.0 Å². The van der Waals surface area contributed by atoms with Crippen LogP contribution in [0.1, 0.15) is 26.3 Å². The number of rotatable bonds is 7. The van der Waals surface area contributed by atoms with E-state index in [0.717, 1.165) is 12.0 Å². The molecule has 122 valence electrons. The maximum absolute atomic E-state index is 11.6. The molecule has 0 aromatic heterocycles. The summed E-state index contributed by atoms with van der Waals surface area (Å²) >= 11 is 5.85. The third-order valence-electron chi connectivity index (χ3n) is 3.12. The summed E-state index contributed by atoms with van der Waals surface area (Å²) in [6.07, 6.45) is 0.759. The van der Waals surface area contributed by atoms with Gasteiger partial charge in [0, 0.05) is 37.6 Å². The molecule has 3 amide bonds. The summed E-state index contributed by atoms with van der Waals surface area (Å²) in [4.78, 5) is 24.9. The van der Waals surface area contributed by atoms with Gasteiger partial charge in [0.15, 0.2) is 0 Å². The van der Waals surface area contributed by atoms with Crippen molar-refractivity contribution in [3.63, 3.8) is 0 Å². The average molecular weight is 326 g/mol. The van der Waals surface area contributed by atoms with Crippen molar-refractivity contribution in [1.29, 1.82) is 0 Å². The zero-order valence-electron chi connectivity index (χ0n) is 13.4. The number of amides is 3. The number of benzene rings is 1. The van der Waals surface area contributed by atoms with Crippen LogP contribution in [0, 0.1) is 0 Å². The molecule has 1 aromatic carbocycles. The van der Waals surface area contributed by atoms with Crippen LogP contribution in [0.25, 0.3) is 0 Å². The first kappa shape index (κ1) is 18.3. The predicted molar refractivity (Wildman–Crippen MR) is 89.1 cm³/mol. The minimum absolute atomic E-state index is 0.0000290. The van der Waals surface area contributed by atoms with Crippen molar-refractivity contribution < 1.29 is 9.59 Å². The Kier molecular flexibility index (Phi) is 7.74. The Bertz CT molecular complexity index is 489. The third-order valence-corrected chi connectivity index (χ3v) is 3.37. The van der Waals surface area contributed by atoms with Crippen molar-refractivity contribution in [1.82, 2.24) is 15.5 Å². The number of carbonyl (C=O) groups excluding carboxylic acids is 2. The Morgan fingerprint density at radius 3 is 2.36 bits per heavy atom. The van der Waals surface area contributed by atoms with Crippen LogP contribution in [-0.4, -0.2) is 42.5 Å². The molecule has 0 aliphatic heterocycles. The van der Waals surface area contributed by atoms with Crippen molar-refractivity contribution in [3.05, 3.63) is 34.9 Å². The van der Waals surface area contributed by atoms with Crippen molar-refractivity contribution in [2.45, 2.75) is 33.2 Å². The Hall–Kier alpha value is -1.75. The molecule has 0 spiro atoms. The van der Waals surface area contributed by atoms with Crippen molar-refractivity contribution in [2.75, 3.05) is 19.6 Å². The fraction of sp³-hybridized carbons (Fsp3) is 0.500. The number of hydrogen-bond donors (Lipinski definition) is 2. The van der Waals surface area contributed by atoms with E-state index < -0.39 is 0 Å². The summed E-state index contributed by atoms with van der Waals surface area (Å²) in [5.74, 6) is 0.0000290. The van der Waals surface area contributed by atoms with Gasteiger partial charge in [-0.15, -0.1) is 0 Å². The molecular formula is C16H24ClN3O2. The number of halogens is 1. The minimum Gasteiger partial charge on any atom is -0.341 e. The van der Waals surface area contributed by atoms with Crippen LogP contribution in [0.5, 0.6) is 0 Å². The molecule has 1 aromatic rings. The molecule has 0 aliphatic rings. The topological polar surface area (TPSA) is 61.4 Å². The van der Waals surface area contributed by atoms with E-state index in [1.165, 1.54) is 6.92 Å². The summed E-state index contributed by atoms with van der Waals surface area (Å²) in [5.41, 5.74) is 1.13. The normalized spacial score (nSPS) is 10.4. The number of nitrogens with zero attached hydrogens (tertiary/aromatic N) is 1. The van der Waals surface area contributed by atoms with Crippen molar-refractivity contribution in [3.8, 4) is 0 Å². The first-order chi connectivity index (χ1) is 10.4. The van der Waals surface area contributed by atoms with E-state index in [9.17, 15) is 9.59 Å². The Balaban J connectivity index is 2.37. The molecule has 5 nitrogen and oxygen atoms in total. The lowest BCUT2D eigenvalue weighted by molar-refractivity contribution is -0.128. The summed E-state index contributed by atoms with van der Waals surface area (Å²) in [5, 5.41) is 6.19. The average Bonchev–Trinajstić information content (AvgIpc) is 2.43. The van der Waals surface area contributed by atoms with Gasteiger partial charge in [0.1, 0.15) is 0 Å². The van der Waals surface area contributed by atoms with E-state index in [2.05, 4.69) is 10.6 Å². The molecule has 0 bridgehead atoms. The highest BCUT2D eigenvalue weighted by molar-refractivity contribution is 6.30. The molecule has 1 rings (SSSR count). The Morgan fingerprint density at radius 1 is 1.18 bits per heavy atom. The lowest BCUT2D eigenvalue weighted by Gasteiger charge is -2.21. The summed E-state index contributed by atoms with van der Waals surface area (Å²) in [6, 6.07) is 7.47. The summed E-state index contributed by atoms with van der Waals surface area (Å²) in [7, 11) is 0. The van der Waals surface area contributed by atoms with E-state index in [1.807, 2.05) is 38.1 Å². The van der Waals surface area contributed by atoms with Crippen LogP contribution in [0.2, 0.25) is 5.02 Å². The molecule has 0 saturated carbocycles. The number of carbonyl (C=O) groups is 2. The van der Waals surface area contributed by atoms with E-state index in [0.29, 0.717) is 24.7 Å². The van der Waals surface area contributed by atoms with Gasteiger partial charge in [-0.2, -0.15) is 0 Å². The van der Waals surface area contributed by atoms with Crippen LogP contribution >= 0.6 is 11.6 Å². The van der Waals surface area contributed by atoms with Crippen molar-refractivity contribution in [2.24, 2.45) is 0 Å². The lowest BCUT2D eigenvalue weighted by Crippen LogP contribution is -2.44. The molecule has 0 saturated heterocycles. The zero-order chi connectivity index (χ0) is 16.5. The smallest absolute Gasteiger partial charge is 0.315 e. The molecular weight excluding hydrogens is 302 g/mol. The standard InChI is InChI=1S/C16H24ClN3O2/c1-12(2)19-16(22)18-9-11-20(13(3)21)10-8-14-4-6-15(17)7-5-14/h4-7,12H,8-11H2,1-3H3,(H2,18,19,22). The predicted octanol–water partition coefficient (Wildman–Crippen LogP) is 2.44. The van der Waals surface area contributed by atoms with E-state index in [1.54, 1.807) is 4.90 Å². The molecule has 0 fully saturated rings. The van der Waals surface area contributed by atoms with Crippen LogP contribution in [0.4, 0.5) is 4.79 Å². The van der Waals surface area contributed by atoms with Gasteiger partial charge in [0.2, 0.25) is 5.91 Å². The second-order valence-electron chi connectivity index (χ2n) is 5.44. The molecule has 0 atom stereocenters. The monoisotopic (exact) mass is 325 g/mol. The lowest BCUT2D eigenvalue weighted by atomic mass is 10.1. The SMILES string of the molecule is CC(=O)N(CCNC(=O)NC(C)C)CCc1ccc(Cl)cc1. The first-order valence-corrected chi connectivity index (χ1v) is 7.80. The molecule has 0 heterocycles. The van der Waals surface area contributed by atoms with Gasteiger partial charge in [0.05, 0.1) is 0 Å². The highest BCUT2D eigenvalue weighted by Gasteiger charge is 2.09. The van der Waals surface area contributed by atoms with Gasteiger partial charge in [-0.25, -0.2) is 4.79 Å². The molecule has 6 heteroatoms. The van der Waals surface area contributed by atoms with Gasteiger partial charge >= 0.3 is 6.03 Å². The largest absolute Gasteiger partial charge is 0.341 e. The molecule has 0 unspecified atom stereocenters. The second kappa shape index (κ2) is 9.30. The maximum atomic E-state index is 11.6. The molecule has 22 heavy (non-hydrogen) atoms. The minimum atomic E-state index is -0.212. The van der Waals surface area contributed by atoms with E-state index in [4.69, 9.17) is 11.6 Å². The molecule has 2 N–H and O–H groups in total. The van der Waals surface area contributed by atoms with Gasteiger partial charge in [0.25, 0.3) is 0 Å². The van der Waals surface area contributed by atoms with Gasteiger partial charge in [-0.3, -0.25) is 4.79 Å². The van der Waals surface area contributed by atoms with E-state index >= 15 is 0 Å². The Morgan fingerprint density at radius 2 is 1.82 bits per heavy atom.